The van der Waals surface area contributed by atoms with E-state index in [1.165, 1.54) is 0 Å². The summed E-state index contributed by atoms with van der Waals surface area (Å²) in [4.78, 5) is 8.88. The molecule has 106 valence electrons. The summed E-state index contributed by atoms with van der Waals surface area (Å²) in [6, 6.07) is 0. The molecule has 0 bridgehead atoms. The van der Waals surface area contributed by atoms with E-state index in [1.807, 2.05) is 23.2 Å². The molecule has 3 heterocycles. The van der Waals surface area contributed by atoms with Crippen molar-refractivity contribution in [3.05, 3.63) is 23.2 Å². The summed E-state index contributed by atoms with van der Waals surface area (Å²) in [5, 5.41) is 8.33. The SMILES string of the molecule is Cc1nc(Cn2c(CCCl)nc3c(C)nn(C)c32)no1. The van der Waals surface area contributed by atoms with Crippen molar-refractivity contribution < 1.29 is 4.52 Å². The summed E-state index contributed by atoms with van der Waals surface area (Å²) in [5.41, 5.74) is 2.75. The Kier molecular flexibility index (Phi) is 3.21. The molecule has 0 N–H and O–H groups in total. The van der Waals surface area contributed by atoms with Crippen LogP contribution in [0.25, 0.3) is 11.2 Å². The van der Waals surface area contributed by atoms with Crippen molar-refractivity contribution in [2.45, 2.75) is 26.8 Å². The van der Waals surface area contributed by atoms with Gasteiger partial charge in [0, 0.05) is 26.3 Å². The van der Waals surface area contributed by atoms with Gasteiger partial charge in [-0.1, -0.05) is 5.16 Å². The number of rotatable bonds is 4. The number of fused-ring (bicyclic) bond motifs is 1. The maximum Gasteiger partial charge on any atom is 0.223 e. The van der Waals surface area contributed by atoms with E-state index in [4.69, 9.17) is 16.1 Å². The Labute approximate surface area is 120 Å². The minimum Gasteiger partial charge on any atom is -0.340 e. The molecular formula is C12H15ClN6O. The van der Waals surface area contributed by atoms with E-state index in [9.17, 15) is 0 Å². The number of aromatic nitrogens is 6. The normalized spacial score (nSPS) is 11.6. The minimum absolute atomic E-state index is 0.499. The lowest BCUT2D eigenvalue weighted by Gasteiger charge is -2.06. The van der Waals surface area contributed by atoms with Crippen molar-refractivity contribution in [2.24, 2.45) is 7.05 Å². The predicted molar refractivity (Wildman–Crippen MR) is 73.8 cm³/mol. The molecule has 0 unspecified atom stereocenters. The Morgan fingerprint density at radius 2 is 2.05 bits per heavy atom. The van der Waals surface area contributed by atoms with E-state index in [0.29, 0.717) is 30.6 Å². The van der Waals surface area contributed by atoms with Crippen molar-refractivity contribution in [1.82, 2.24) is 29.5 Å². The fourth-order valence-electron chi connectivity index (χ4n) is 2.37. The van der Waals surface area contributed by atoms with Gasteiger partial charge in [-0.3, -0.25) is 4.68 Å². The fraction of sp³-hybridized carbons (Fsp3) is 0.500. The largest absolute Gasteiger partial charge is 0.340 e. The van der Waals surface area contributed by atoms with Crippen LogP contribution in [0.4, 0.5) is 0 Å². The Morgan fingerprint density at radius 3 is 2.70 bits per heavy atom. The molecule has 0 aliphatic carbocycles. The molecule has 20 heavy (non-hydrogen) atoms. The van der Waals surface area contributed by atoms with Crippen LogP contribution in [0.15, 0.2) is 4.52 Å². The molecule has 3 aromatic rings. The van der Waals surface area contributed by atoms with Gasteiger partial charge >= 0.3 is 0 Å². The molecule has 0 aromatic carbocycles. The molecular weight excluding hydrogens is 280 g/mol. The van der Waals surface area contributed by atoms with E-state index in [-0.39, 0.29) is 0 Å². The van der Waals surface area contributed by atoms with Crippen LogP contribution in [-0.4, -0.2) is 35.4 Å². The van der Waals surface area contributed by atoms with Crippen LogP contribution in [-0.2, 0) is 20.0 Å². The Bertz CT molecular complexity index is 756. The highest BCUT2D eigenvalue weighted by Gasteiger charge is 2.18. The second-order valence-electron chi connectivity index (χ2n) is 4.66. The molecule has 8 heteroatoms. The maximum absolute atomic E-state index is 5.86. The molecule has 0 atom stereocenters. The quantitative estimate of drug-likeness (QED) is 0.683. The minimum atomic E-state index is 0.499. The van der Waals surface area contributed by atoms with Gasteiger partial charge in [-0.2, -0.15) is 10.1 Å². The smallest absolute Gasteiger partial charge is 0.223 e. The fourth-order valence-corrected chi connectivity index (χ4v) is 2.54. The van der Waals surface area contributed by atoms with Crippen molar-refractivity contribution in [3.63, 3.8) is 0 Å². The van der Waals surface area contributed by atoms with Crippen molar-refractivity contribution in [1.29, 1.82) is 0 Å². The summed E-state index contributed by atoms with van der Waals surface area (Å²) >= 11 is 5.86. The van der Waals surface area contributed by atoms with Crippen molar-refractivity contribution >= 4 is 22.8 Å². The van der Waals surface area contributed by atoms with Crippen molar-refractivity contribution in [3.8, 4) is 0 Å². The number of hydrogen-bond acceptors (Lipinski definition) is 5. The molecule has 0 saturated carbocycles. The van der Waals surface area contributed by atoms with Gasteiger partial charge in [-0.05, 0) is 6.92 Å². The number of nitrogens with zero attached hydrogens (tertiary/aromatic N) is 6. The van der Waals surface area contributed by atoms with E-state index >= 15 is 0 Å². The lowest BCUT2D eigenvalue weighted by Crippen LogP contribution is -2.10. The van der Waals surface area contributed by atoms with Crippen LogP contribution in [0.2, 0.25) is 0 Å². The summed E-state index contributed by atoms with van der Waals surface area (Å²) in [6.07, 6.45) is 0.687. The average Bonchev–Trinajstić information content (AvgIpc) is 3.02. The van der Waals surface area contributed by atoms with Gasteiger partial charge in [0.25, 0.3) is 0 Å². The Morgan fingerprint density at radius 1 is 1.25 bits per heavy atom. The third kappa shape index (κ3) is 2.07. The van der Waals surface area contributed by atoms with Crippen LogP contribution in [0.5, 0.6) is 0 Å². The second-order valence-corrected chi connectivity index (χ2v) is 5.04. The van der Waals surface area contributed by atoms with Crippen LogP contribution in [0.1, 0.15) is 23.2 Å². The highest BCUT2D eigenvalue weighted by Crippen LogP contribution is 2.20. The summed E-state index contributed by atoms with van der Waals surface area (Å²) in [7, 11) is 1.90. The zero-order valence-electron chi connectivity index (χ0n) is 11.6. The Balaban J connectivity index is 2.12. The van der Waals surface area contributed by atoms with Gasteiger partial charge in [-0.15, -0.1) is 11.6 Å². The third-order valence-electron chi connectivity index (χ3n) is 3.16. The zero-order chi connectivity index (χ0) is 14.3. The zero-order valence-corrected chi connectivity index (χ0v) is 12.3. The van der Waals surface area contributed by atoms with E-state index in [1.54, 1.807) is 6.92 Å². The molecule has 7 nitrogen and oxygen atoms in total. The molecule has 0 aliphatic rings. The number of alkyl halides is 1. The second kappa shape index (κ2) is 4.90. The molecule has 0 aliphatic heterocycles. The molecule has 0 spiro atoms. The van der Waals surface area contributed by atoms with Crippen LogP contribution >= 0.6 is 11.6 Å². The Hall–Kier alpha value is -1.89. The first-order valence-corrected chi connectivity index (χ1v) is 6.87. The molecule has 3 rings (SSSR count). The summed E-state index contributed by atoms with van der Waals surface area (Å²) < 4.78 is 8.88. The number of hydrogen-bond donors (Lipinski definition) is 0. The predicted octanol–water partition coefficient (Wildman–Crippen LogP) is 1.60. The van der Waals surface area contributed by atoms with Gasteiger partial charge in [0.2, 0.25) is 5.89 Å². The number of aryl methyl sites for hydroxylation is 4. The topological polar surface area (TPSA) is 74.6 Å². The first-order valence-electron chi connectivity index (χ1n) is 6.34. The van der Waals surface area contributed by atoms with E-state index < -0.39 is 0 Å². The molecule has 0 fully saturated rings. The highest BCUT2D eigenvalue weighted by atomic mass is 35.5. The van der Waals surface area contributed by atoms with Gasteiger partial charge in [-0.25, -0.2) is 4.98 Å². The lowest BCUT2D eigenvalue weighted by molar-refractivity contribution is 0.386. The average molecular weight is 295 g/mol. The van der Waals surface area contributed by atoms with Crippen molar-refractivity contribution in [2.75, 3.05) is 5.88 Å². The van der Waals surface area contributed by atoms with Crippen LogP contribution in [0, 0.1) is 13.8 Å². The lowest BCUT2D eigenvalue weighted by atomic mass is 10.4. The van der Waals surface area contributed by atoms with Crippen LogP contribution < -0.4 is 0 Å². The standard InChI is InChI=1S/C12H15ClN6O/c1-7-11-12(18(3)16-7)19(10(15-11)4-5-13)6-9-14-8(2)20-17-9/h4-6H2,1-3H3. The monoisotopic (exact) mass is 294 g/mol. The van der Waals surface area contributed by atoms with Gasteiger partial charge in [0.15, 0.2) is 11.5 Å². The first-order chi connectivity index (χ1) is 9.60. The third-order valence-corrected chi connectivity index (χ3v) is 3.35. The molecule has 0 amide bonds. The first kappa shape index (κ1) is 13.1. The van der Waals surface area contributed by atoms with Gasteiger partial charge in [0.1, 0.15) is 11.3 Å². The molecule has 3 aromatic heterocycles. The van der Waals surface area contributed by atoms with Gasteiger partial charge in [0.05, 0.1) is 12.2 Å². The summed E-state index contributed by atoms with van der Waals surface area (Å²) in [5.74, 6) is 2.60. The highest BCUT2D eigenvalue weighted by molar-refractivity contribution is 6.17. The molecule has 0 saturated heterocycles. The number of halogens is 1. The van der Waals surface area contributed by atoms with Gasteiger partial charge < -0.3 is 9.09 Å². The summed E-state index contributed by atoms with van der Waals surface area (Å²) in [6.45, 7) is 4.22. The maximum atomic E-state index is 5.86. The molecule has 0 radical (unpaired) electrons. The van der Waals surface area contributed by atoms with E-state index in [2.05, 4.69) is 20.2 Å². The van der Waals surface area contributed by atoms with E-state index in [0.717, 1.165) is 22.7 Å². The number of imidazole rings is 1. The van der Waals surface area contributed by atoms with Crippen LogP contribution in [0.3, 0.4) is 0 Å².